The maximum atomic E-state index is 6.79. The van der Waals surface area contributed by atoms with E-state index in [-0.39, 0.29) is 27.1 Å². The molecule has 9 rings (SSSR count). The zero-order valence-electron chi connectivity index (χ0n) is 34.3. The van der Waals surface area contributed by atoms with Gasteiger partial charge in [-0.15, -0.1) is 0 Å². The van der Waals surface area contributed by atoms with Gasteiger partial charge in [0.05, 0.1) is 39.7 Å². The van der Waals surface area contributed by atoms with Gasteiger partial charge in [0, 0.05) is 43.4 Å². The van der Waals surface area contributed by atoms with Gasteiger partial charge >= 0.3 is 0 Å². The molecule has 0 unspecified atom stereocenters. The van der Waals surface area contributed by atoms with Crippen LogP contribution >= 0.6 is 0 Å². The van der Waals surface area contributed by atoms with Gasteiger partial charge < -0.3 is 13.2 Å². The van der Waals surface area contributed by atoms with Crippen LogP contribution in [0.4, 0.5) is 0 Å². The number of nitrogens with zero attached hydrogens (tertiary/aromatic N) is 3. The minimum Gasteiger partial charge on any atom is -0.437 e. The summed E-state index contributed by atoms with van der Waals surface area (Å²) in [5.41, 5.74) is 12.5. The topological polar surface area (TPSA) is 56.5 Å². The molecule has 6 heterocycles. The van der Waals surface area contributed by atoms with Crippen LogP contribution in [0.1, 0.15) is 132 Å². The fraction of sp³-hybridized carbons (Fsp3) is 0.417. The van der Waals surface area contributed by atoms with Gasteiger partial charge in [-0.1, -0.05) is 116 Å². The Hall–Kier alpha value is -4.64. The smallest absolute Gasteiger partial charge is 0.228 e. The van der Waals surface area contributed by atoms with Gasteiger partial charge in [0.1, 0.15) is 11.2 Å². The summed E-state index contributed by atoms with van der Waals surface area (Å²) in [6.07, 6.45) is 4.04. The Balaban J connectivity index is 1.53. The van der Waals surface area contributed by atoms with Crippen LogP contribution in [0.5, 0.6) is 0 Å². The predicted octanol–water partition coefficient (Wildman–Crippen LogP) is 13.9. The SMILES string of the molecule is CC(C)(C)c1cc(C(C)(C)C)c2oc3ncc4c(c5cc(C(C)(C)C)cc6c7c8c(ncc7n4c56)oc4c(C(C)(C)C)cc(C(C)(C)C)cc48)c3c2c1. The van der Waals surface area contributed by atoms with Crippen LogP contribution < -0.4 is 0 Å². The van der Waals surface area contributed by atoms with E-state index >= 15 is 0 Å². The zero-order valence-corrected chi connectivity index (χ0v) is 34.3. The molecule has 0 saturated carbocycles. The molecule has 0 saturated heterocycles. The Kier molecular flexibility index (Phi) is 6.51. The van der Waals surface area contributed by atoms with E-state index in [1.807, 2.05) is 12.4 Å². The molecule has 0 fully saturated rings. The molecule has 0 aliphatic rings. The molecule has 0 aliphatic carbocycles. The molecule has 0 aliphatic heterocycles. The molecule has 0 radical (unpaired) electrons. The number of rotatable bonds is 0. The second kappa shape index (κ2) is 10.1. The van der Waals surface area contributed by atoms with Crippen LogP contribution in [-0.4, -0.2) is 14.4 Å². The van der Waals surface area contributed by atoms with E-state index in [9.17, 15) is 0 Å². The molecule has 0 bridgehead atoms. The minimum absolute atomic E-state index is 0.0336. The van der Waals surface area contributed by atoms with Gasteiger partial charge in [-0.3, -0.25) is 0 Å². The Morgan fingerprint density at radius 3 is 1.09 bits per heavy atom. The van der Waals surface area contributed by atoms with Crippen LogP contribution in [0.15, 0.2) is 57.6 Å². The van der Waals surface area contributed by atoms with Crippen molar-refractivity contribution in [3.8, 4) is 0 Å². The minimum atomic E-state index is -0.110. The summed E-state index contributed by atoms with van der Waals surface area (Å²) in [5.74, 6) is 0. The lowest BCUT2D eigenvalue weighted by Crippen LogP contribution is -2.16. The number of pyridine rings is 2. The van der Waals surface area contributed by atoms with Crippen molar-refractivity contribution in [1.82, 2.24) is 14.4 Å². The number of fused-ring (bicyclic) bond motifs is 14. The van der Waals surface area contributed by atoms with E-state index in [4.69, 9.17) is 18.8 Å². The number of hydrogen-bond acceptors (Lipinski definition) is 4. The van der Waals surface area contributed by atoms with Gasteiger partial charge in [0.2, 0.25) is 11.4 Å². The zero-order chi connectivity index (χ0) is 38.1. The third kappa shape index (κ3) is 4.74. The molecule has 0 N–H and O–H groups in total. The first kappa shape index (κ1) is 34.1. The molecule has 5 nitrogen and oxygen atoms in total. The predicted molar refractivity (Wildman–Crippen MR) is 225 cm³/mol. The largest absolute Gasteiger partial charge is 0.437 e. The highest BCUT2D eigenvalue weighted by Gasteiger charge is 2.32. The van der Waals surface area contributed by atoms with Crippen LogP contribution in [0.2, 0.25) is 0 Å². The quantitative estimate of drug-likeness (QED) is 0.158. The summed E-state index contributed by atoms with van der Waals surface area (Å²) in [7, 11) is 0. The van der Waals surface area contributed by atoms with Gasteiger partial charge in [-0.2, -0.15) is 0 Å². The number of hydrogen-bond donors (Lipinski definition) is 0. The third-order valence-corrected chi connectivity index (χ3v) is 11.7. The van der Waals surface area contributed by atoms with E-state index < -0.39 is 0 Å². The molecule has 0 amide bonds. The second-order valence-electron chi connectivity index (χ2n) is 20.9. The highest BCUT2D eigenvalue weighted by molar-refractivity contribution is 6.35. The summed E-state index contributed by atoms with van der Waals surface area (Å²) in [5, 5.41) is 9.27. The van der Waals surface area contributed by atoms with Crippen LogP contribution in [-0.2, 0) is 27.1 Å². The molecular formula is C48H53N3O2. The normalized spacial score (nSPS) is 14.3. The fourth-order valence-electron chi connectivity index (χ4n) is 8.59. The lowest BCUT2D eigenvalue weighted by Gasteiger charge is -2.25. The monoisotopic (exact) mass is 703 g/mol. The first-order valence-electron chi connectivity index (χ1n) is 19.2. The average Bonchev–Trinajstić information content (AvgIpc) is 3.76. The number of benzene rings is 3. The summed E-state index contributed by atoms with van der Waals surface area (Å²) in [4.78, 5) is 10.2. The highest BCUT2D eigenvalue weighted by Crippen LogP contribution is 2.50. The van der Waals surface area contributed by atoms with Crippen molar-refractivity contribution in [2.24, 2.45) is 0 Å². The number of furan rings is 2. The molecular weight excluding hydrogens is 651 g/mol. The van der Waals surface area contributed by atoms with Gasteiger partial charge in [-0.05, 0) is 68.0 Å². The van der Waals surface area contributed by atoms with Gasteiger partial charge in [0.25, 0.3) is 0 Å². The van der Waals surface area contributed by atoms with Crippen molar-refractivity contribution in [2.45, 2.75) is 131 Å². The first-order valence-corrected chi connectivity index (χ1v) is 19.2. The Morgan fingerprint density at radius 1 is 0.415 bits per heavy atom. The van der Waals surface area contributed by atoms with Crippen molar-refractivity contribution in [1.29, 1.82) is 0 Å². The fourth-order valence-corrected chi connectivity index (χ4v) is 8.59. The first-order chi connectivity index (χ1) is 24.4. The maximum absolute atomic E-state index is 6.79. The molecule has 9 aromatic rings. The van der Waals surface area contributed by atoms with Crippen LogP contribution in [0, 0.1) is 0 Å². The van der Waals surface area contributed by atoms with Crippen molar-refractivity contribution in [2.75, 3.05) is 0 Å². The van der Waals surface area contributed by atoms with Crippen LogP contribution in [0.25, 0.3) is 82.2 Å². The van der Waals surface area contributed by atoms with Crippen molar-refractivity contribution < 1.29 is 8.83 Å². The summed E-state index contributed by atoms with van der Waals surface area (Å²) >= 11 is 0. The van der Waals surface area contributed by atoms with E-state index in [0.29, 0.717) is 11.4 Å². The molecule has 6 aromatic heterocycles. The Bertz CT molecular complexity index is 2810. The van der Waals surface area contributed by atoms with Crippen molar-refractivity contribution >= 4 is 82.2 Å². The summed E-state index contributed by atoms with van der Waals surface area (Å²) in [6, 6.07) is 14.3. The van der Waals surface area contributed by atoms with E-state index in [2.05, 4.69) is 145 Å². The lowest BCUT2D eigenvalue weighted by molar-refractivity contribution is 0.557. The van der Waals surface area contributed by atoms with Crippen molar-refractivity contribution in [3.05, 3.63) is 76.6 Å². The van der Waals surface area contributed by atoms with Gasteiger partial charge in [-0.25, -0.2) is 9.97 Å². The number of aromatic nitrogens is 3. The molecule has 53 heavy (non-hydrogen) atoms. The average molecular weight is 704 g/mol. The second-order valence-corrected chi connectivity index (χ2v) is 20.9. The lowest BCUT2D eigenvalue weighted by atomic mass is 9.79. The van der Waals surface area contributed by atoms with Crippen molar-refractivity contribution in [3.63, 3.8) is 0 Å². The molecule has 272 valence electrons. The summed E-state index contributed by atoms with van der Waals surface area (Å²) in [6.45, 7) is 34.3. The Labute approximate surface area is 312 Å². The third-order valence-electron chi connectivity index (χ3n) is 11.7. The van der Waals surface area contributed by atoms with Gasteiger partial charge in [0.15, 0.2) is 0 Å². The van der Waals surface area contributed by atoms with E-state index in [1.165, 1.54) is 54.9 Å². The molecule has 3 aromatic carbocycles. The molecule has 5 heteroatoms. The van der Waals surface area contributed by atoms with Crippen LogP contribution in [0.3, 0.4) is 0 Å². The van der Waals surface area contributed by atoms with E-state index in [1.54, 1.807) is 0 Å². The molecule has 0 spiro atoms. The molecule has 0 atom stereocenters. The maximum Gasteiger partial charge on any atom is 0.228 e. The standard InChI is InChI=1S/C48H53N3O2/c1-44(2,3)24-16-27-35-33(22-49-42-37(35)29-18-25(45(4,5)6)20-31(40(29)52-42)47(10,11)12)51-34-23-50-43-38(36(34)28(17-24)39(27)51)30-19-26(46(7,8)9)21-32(41(30)53-43)48(13,14)15/h16-23H,1-15H3. The van der Waals surface area contributed by atoms with E-state index in [0.717, 1.165) is 43.7 Å². The Morgan fingerprint density at radius 2 is 0.755 bits per heavy atom. The highest BCUT2D eigenvalue weighted by atomic mass is 16.3. The summed E-state index contributed by atoms with van der Waals surface area (Å²) < 4.78 is 16.0.